The first-order chi connectivity index (χ1) is 16.4. The fourth-order valence-corrected chi connectivity index (χ4v) is 4.19. The smallest absolute Gasteiger partial charge is 0.338 e. The number of halogens is 2. The fraction of sp³-hybridized carbons (Fsp3) is 0.375. The van der Waals surface area contributed by atoms with E-state index in [1.54, 1.807) is 24.3 Å². The predicted molar refractivity (Wildman–Crippen MR) is 118 cm³/mol. The SMILES string of the molecule is COc1cccc(C(=O)OC2CCN(CC(O)(Cn3cncn3)c3ccc(F)cc3F)CC2)c1. The lowest BCUT2D eigenvalue weighted by molar-refractivity contribution is -0.0396. The molecule has 8 nitrogen and oxygen atoms in total. The van der Waals surface area contributed by atoms with Crippen LogP contribution in [0.25, 0.3) is 0 Å². The van der Waals surface area contributed by atoms with Crippen molar-refractivity contribution in [3.8, 4) is 5.75 Å². The van der Waals surface area contributed by atoms with Crippen LogP contribution in [-0.2, 0) is 16.9 Å². The number of likely N-dealkylation sites (tertiary alicyclic amines) is 1. The van der Waals surface area contributed by atoms with E-state index < -0.39 is 23.2 Å². The number of aliphatic hydroxyl groups is 1. The Labute approximate surface area is 195 Å². The second-order valence-corrected chi connectivity index (χ2v) is 8.36. The normalized spacial score (nSPS) is 16.7. The van der Waals surface area contributed by atoms with E-state index in [0.717, 1.165) is 12.1 Å². The maximum atomic E-state index is 14.6. The second kappa shape index (κ2) is 10.3. The van der Waals surface area contributed by atoms with E-state index in [4.69, 9.17) is 9.47 Å². The van der Waals surface area contributed by atoms with Crippen LogP contribution in [0.3, 0.4) is 0 Å². The lowest BCUT2D eigenvalue weighted by Crippen LogP contribution is -2.48. The van der Waals surface area contributed by atoms with Crippen LogP contribution < -0.4 is 4.74 Å². The minimum Gasteiger partial charge on any atom is -0.497 e. The minimum atomic E-state index is -1.67. The van der Waals surface area contributed by atoms with Gasteiger partial charge in [-0.1, -0.05) is 12.1 Å². The van der Waals surface area contributed by atoms with Crippen LogP contribution in [-0.4, -0.2) is 63.6 Å². The van der Waals surface area contributed by atoms with Crippen molar-refractivity contribution in [3.63, 3.8) is 0 Å². The highest BCUT2D eigenvalue weighted by atomic mass is 19.1. The average molecular weight is 472 g/mol. The van der Waals surface area contributed by atoms with Gasteiger partial charge >= 0.3 is 5.97 Å². The average Bonchev–Trinajstić information content (AvgIpc) is 3.33. The van der Waals surface area contributed by atoms with Gasteiger partial charge in [0, 0.05) is 31.3 Å². The zero-order valence-corrected chi connectivity index (χ0v) is 18.7. The van der Waals surface area contributed by atoms with Gasteiger partial charge < -0.3 is 14.6 Å². The molecule has 1 aromatic heterocycles. The third-order valence-electron chi connectivity index (χ3n) is 5.92. The van der Waals surface area contributed by atoms with Crippen LogP contribution in [0, 0.1) is 11.6 Å². The summed E-state index contributed by atoms with van der Waals surface area (Å²) in [5, 5.41) is 15.5. The van der Waals surface area contributed by atoms with Gasteiger partial charge in [-0.25, -0.2) is 23.2 Å². The van der Waals surface area contributed by atoms with Gasteiger partial charge in [0.2, 0.25) is 0 Å². The highest BCUT2D eigenvalue weighted by Gasteiger charge is 2.37. The molecule has 2 aromatic carbocycles. The third-order valence-corrected chi connectivity index (χ3v) is 5.92. The fourth-order valence-electron chi connectivity index (χ4n) is 4.19. The van der Waals surface area contributed by atoms with E-state index >= 15 is 0 Å². The molecule has 10 heteroatoms. The van der Waals surface area contributed by atoms with Crippen LogP contribution >= 0.6 is 0 Å². The molecule has 2 heterocycles. The first kappa shape index (κ1) is 23.8. The lowest BCUT2D eigenvalue weighted by atomic mass is 9.91. The number of piperidine rings is 1. The van der Waals surface area contributed by atoms with Crippen molar-refractivity contribution in [2.45, 2.75) is 31.1 Å². The Balaban J connectivity index is 1.41. The second-order valence-electron chi connectivity index (χ2n) is 8.36. The molecule has 34 heavy (non-hydrogen) atoms. The van der Waals surface area contributed by atoms with Crippen molar-refractivity contribution in [1.29, 1.82) is 0 Å². The summed E-state index contributed by atoms with van der Waals surface area (Å²) in [4.78, 5) is 18.3. The van der Waals surface area contributed by atoms with Crippen LogP contribution in [0.15, 0.2) is 55.1 Å². The van der Waals surface area contributed by atoms with E-state index in [9.17, 15) is 18.7 Å². The van der Waals surface area contributed by atoms with Crippen LogP contribution in [0.2, 0.25) is 0 Å². The van der Waals surface area contributed by atoms with E-state index in [2.05, 4.69) is 10.1 Å². The maximum absolute atomic E-state index is 14.6. The predicted octanol–water partition coefficient (Wildman–Crippen LogP) is 2.77. The highest BCUT2D eigenvalue weighted by Crippen LogP contribution is 2.29. The molecule has 0 radical (unpaired) electrons. The molecule has 1 aliphatic rings. The number of carbonyl (C=O) groups excluding carboxylic acids is 1. The van der Waals surface area contributed by atoms with Crippen molar-refractivity contribution in [2.75, 3.05) is 26.7 Å². The molecule has 0 aliphatic carbocycles. The third kappa shape index (κ3) is 5.57. The summed E-state index contributed by atoms with van der Waals surface area (Å²) >= 11 is 0. The number of benzene rings is 2. The van der Waals surface area contributed by atoms with E-state index in [1.807, 2.05) is 4.90 Å². The number of methoxy groups -OCH3 is 1. The summed E-state index contributed by atoms with van der Waals surface area (Å²) in [5.41, 5.74) is -1.28. The number of rotatable bonds is 8. The van der Waals surface area contributed by atoms with Gasteiger partial charge in [-0.3, -0.25) is 4.90 Å². The molecule has 0 spiro atoms. The van der Waals surface area contributed by atoms with E-state index in [0.29, 0.717) is 37.2 Å². The Bertz CT molecular complexity index is 1120. The maximum Gasteiger partial charge on any atom is 0.338 e. The van der Waals surface area contributed by atoms with Gasteiger partial charge in [0.15, 0.2) is 0 Å². The molecule has 1 saturated heterocycles. The number of aromatic nitrogens is 3. The number of esters is 1. The molecule has 4 rings (SSSR count). The lowest BCUT2D eigenvalue weighted by Gasteiger charge is -2.38. The van der Waals surface area contributed by atoms with E-state index in [1.165, 1.54) is 30.5 Å². The number of β-amino-alcohol motifs (C(OH)–C–C–N with tert-alkyl or cyclic N) is 1. The molecule has 1 fully saturated rings. The Morgan fingerprint density at radius 2 is 1.97 bits per heavy atom. The first-order valence-electron chi connectivity index (χ1n) is 10.9. The molecule has 0 saturated carbocycles. The molecule has 3 aromatic rings. The number of nitrogens with zero attached hydrogens (tertiary/aromatic N) is 4. The first-order valence-corrected chi connectivity index (χ1v) is 10.9. The number of hydrogen-bond donors (Lipinski definition) is 1. The Kier molecular flexibility index (Phi) is 7.18. The van der Waals surface area contributed by atoms with Crippen molar-refractivity contribution in [1.82, 2.24) is 19.7 Å². The summed E-state index contributed by atoms with van der Waals surface area (Å²) in [7, 11) is 1.53. The number of carbonyl (C=O) groups is 1. The van der Waals surface area contributed by atoms with Crippen molar-refractivity contribution < 1.29 is 28.2 Å². The molecule has 180 valence electrons. The topological polar surface area (TPSA) is 89.7 Å². The van der Waals surface area contributed by atoms with Crippen molar-refractivity contribution in [2.24, 2.45) is 0 Å². The Morgan fingerprint density at radius 3 is 2.65 bits per heavy atom. The number of hydrogen-bond acceptors (Lipinski definition) is 7. The largest absolute Gasteiger partial charge is 0.497 e. The molecule has 0 bridgehead atoms. The Morgan fingerprint density at radius 1 is 1.18 bits per heavy atom. The van der Waals surface area contributed by atoms with Gasteiger partial charge in [0.05, 0.1) is 19.2 Å². The van der Waals surface area contributed by atoms with Crippen LogP contribution in [0.1, 0.15) is 28.8 Å². The molecule has 1 aliphatic heterocycles. The zero-order valence-electron chi connectivity index (χ0n) is 18.7. The van der Waals surface area contributed by atoms with Crippen molar-refractivity contribution >= 4 is 5.97 Å². The summed E-state index contributed by atoms with van der Waals surface area (Å²) in [6, 6.07) is 9.90. The molecule has 1 N–H and O–H groups in total. The van der Waals surface area contributed by atoms with Crippen LogP contribution in [0.4, 0.5) is 8.78 Å². The van der Waals surface area contributed by atoms with E-state index in [-0.39, 0.29) is 24.8 Å². The number of ether oxygens (including phenoxy) is 2. The summed E-state index contributed by atoms with van der Waals surface area (Å²) in [6.45, 7) is 1.09. The molecule has 1 atom stereocenters. The Hall–Kier alpha value is -3.37. The molecule has 0 amide bonds. The van der Waals surface area contributed by atoms with Crippen LogP contribution in [0.5, 0.6) is 5.75 Å². The quantitative estimate of drug-likeness (QED) is 0.504. The highest BCUT2D eigenvalue weighted by molar-refractivity contribution is 5.90. The standard InChI is InChI=1S/C24H26F2N4O4/c1-33-20-4-2-3-17(11-20)23(31)34-19-7-9-29(10-8-19)13-24(32,14-30-16-27-15-28-30)21-6-5-18(25)12-22(21)26/h2-6,11-12,15-16,19,32H,7-10,13-14H2,1H3. The zero-order chi connectivity index (χ0) is 24.1. The van der Waals surface area contributed by atoms with Gasteiger partial charge in [0.1, 0.15) is 41.7 Å². The van der Waals surface area contributed by atoms with Gasteiger partial charge in [-0.15, -0.1) is 0 Å². The summed E-state index contributed by atoms with van der Waals surface area (Å²) in [6.07, 6.45) is 3.59. The summed E-state index contributed by atoms with van der Waals surface area (Å²) in [5.74, 6) is -1.40. The molecular weight excluding hydrogens is 446 g/mol. The molecule has 1 unspecified atom stereocenters. The van der Waals surface area contributed by atoms with Crippen molar-refractivity contribution in [3.05, 3.63) is 77.9 Å². The summed E-state index contributed by atoms with van der Waals surface area (Å²) < 4.78 is 40.3. The molecular formula is C24H26F2N4O4. The minimum absolute atomic E-state index is 0.0176. The van der Waals surface area contributed by atoms with Gasteiger partial charge in [-0.2, -0.15) is 5.10 Å². The van der Waals surface area contributed by atoms with Gasteiger partial charge in [0.25, 0.3) is 0 Å². The monoisotopic (exact) mass is 472 g/mol. The van der Waals surface area contributed by atoms with Gasteiger partial charge in [-0.05, 0) is 37.1 Å².